The summed E-state index contributed by atoms with van der Waals surface area (Å²) in [6.45, 7) is 6.78. The largest absolute Gasteiger partial charge is 0.356 e. The lowest BCUT2D eigenvalue weighted by Crippen LogP contribution is -2.45. The number of hydrogen-bond donors (Lipinski definition) is 2. The van der Waals surface area contributed by atoms with Gasteiger partial charge in [0.1, 0.15) is 0 Å². The van der Waals surface area contributed by atoms with Crippen molar-refractivity contribution in [2.45, 2.75) is 57.5 Å². The van der Waals surface area contributed by atoms with E-state index in [-0.39, 0.29) is 5.91 Å². The summed E-state index contributed by atoms with van der Waals surface area (Å²) in [7, 11) is 1.79. The van der Waals surface area contributed by atoms with Crippen LogP contribution in [0.5, 0.6) is 0 Å². The minimum Gasteiger partial charge on any atom is -0.356 e. The van der Waals surface area contributed by atoms with Gasteiger partial charge in [-0.2, -0.15) is 0 Å². The zero-order chi connectivity index (χ0) is 20.5. The zero-order valence-corrected chi connectivity index (χ0v) is 18.1. The van der Waals surface area contributed by atoms with E-state index in [0.29, 0.717) is 25.0 Å². The number of benzene rings is 1. The lowest BCUT2D eigenvalue weighted by Gasteiger charge is -2.33. The van der Waals surface area contributed by atoms with Gasteiger partial charge in [-0.05, 0) is 57.7 Å². The number of guanidine groups is 1. The molecule has 0 spiro atoms. The molecule has 2 atom stereocenters. The fourth-order valence-corrected chi connectivity index (χ4v) is 4.50. The second kappa shape index (κ2) is 11.2. The van der Waals surface area contributed by atoms with Gasteiger partial charge < -0.3 is 15.5 Å². The minimum atomic E-state index is 0.249. The average molecular weight is 400 g/mol. The summed E-state index contributed by atoms with van der Waals surface area (Å²) in [6.07, 6.45) is 6.54. The Morgan fingerprint density at radius 2 is 1.83 bits per heavy atom. The Bertz CT molecular complexity index is 656. The summed E-state index contributed by atoms with van der Waals surface area (Å²) < 4.78 is 0. The Labute approximate surface area is 175 Å². The van der Waals surface area contributed by atoms with Gasteiger partial charge in [0.2, 0.25) is 5.91 Å². The minimum absolute atomic E-state index is 0.249. The summed E-state index contributed by atoms with van der Waals surface area (Å²) in [5.74, 6) is 1.02. The summed E-state index contributed by atoms with van der Waals surface area (Å²) in [6, 6.07) is 11.4. The molecule has 1 amide bonds. The van der Waals surface area contributed by atoms with Crippen LogP contribution in [0.25, 0.3) is 0 Å². The number of nitrogens with one attached hydrogen (secondary N) is 2. The highest BCUT2D eigenvalue weighted by molar-refractivity contribution is 5.81. The predicted octanol–water partition coefficient (Wildman–Crippen LogP) is 2.78. The van der Waals surface area contributed by atoms with Crippen LogP contribution in [-0.4, -0.2) is 67.5 Å². The summed E-state index contributed by atoms with van der Waals surface area (Å²) in [4.78, 5) is 21.5. The first-order valence-electron chi connectivity index (χ1n) is 11.2. The Morgan fingerprint density at radius 1 is 1.10 bits per heavy atom. The summed E-state index contributed by atoms with van der Waals surface area (Å²) >= 11 is 0. The maximum absolute atomic E-state index is 12.5. The molecule has 3 rings (SSSR count). The lowest BCUT2D eigenvalue weighted by atomic mass is 10.0. The molecule has 2 aliphatic heterocycles. The van der Waals surface area contributed by atoms with E-state index in [1.165, 1.54) is 24.8 Å². The molecule has 1 aromatic carbocycles. The Kier molecular flexibility index (Phi) is 8.35. The van der Waals surface area contributed by atoms with E-state index >= 15 is 0 Å². The van der Waals surface area contributed by atoms with Crippen LogP contribution in [-0.2, 0) is 4.79 Å². The van der Waals surface area contributed by atoms with Crippen LogP contribution in [0.4, 0.5) is 0 Å². The van der Waals surface area contributed by atoms with E-state index in [1.54, 1.807) is 7.05 Å². The topological polar surface area (TPSA) is 60.0 Å². The normalized spacial score (nSPS) is 21.8. The van der Waals surface area contributed by atoms with E-state index < -0.39 is 0 Å². The first-order valence-corrected chi connectivity index (χ1v) is 11.2. The zero-order valence-electron chi connectivity index (χ0n) is 18.1. The number of rotatable bonds is 7. The molecule has 1 aromatic rings. The number of aliphatic imine (C=N–C) groups is 1. The van der Waals surface area contributed by atoms with Gasteiger partial charge in [0.25, 0.3) is 0 Å². The smallest absolute Gasteiger partial charge is 0.224 e. The molecule has 0 radical (unpaired) electrons. The van der Waals surface area contributed by atoms with Crippen molar-refractivity contribution in [1.82, 2.24) is 20.4 Å². The number of carbonyl (C=O) groups is 1. The maximum Gasteiger partial charge on any atom is 0.224 e. The number of piperidine rings is 1. The SMILES string of the molecule is CN=C(NCCC(=O)N1CCCCC1C)NCC(c1ccccc1)N1CCCC1. The van der Waals surface area contributed by atoms with E-state index in [4.69, 9.17) is 0 Å². The van der Waals surface area contributed by atoms with Crippen molar-refractivity contribution in [2.75, 3.05) is 39.8 Å². The molecule has 0 aromatic heterocycles. The first-order chi connectivity index (χ1) is 14.2. The molecule has 29 heavy (non-hydrogen) atoms. The molecular weight excluding hydrogens is 362 g/mol. The molecule has 2 fully saturated rings. The molecule has 2 N–H and O–H groups in total. The van der Waals surface area contributed by atoms with Crippen LogP contribution in [0.3, 0.4) is 0 Å². The van der Waals surface area contributed by atoms with Crippen molar-refractivity contribution in [3.8, 4) is 0 Å². The number of likely N-dealkylation sites (tertiary alicyclic amines) is 2. The van der Waals surface area contributed by atoms with Gasteiger partial charge in [-0.15, -0.1) is 0 Å². The van der Waals surface area contributed by atoms with Gasteiger partial charge in [0, 0.05) is 39.1 Å². The highest BCUT2D eigenvalue weighted by Gasteiger charge is 2.24. The maximum atomic E-state index is 12.5. The third-order valence-corrected chi connectivity index (χ3v) is 6.21. The standard InChI is InChI=1S/C23H37N5O/c1-19-10-6-7-17-28(19)22(29)13-14-25-23(24-2)26-18-21(27-15-8-9-16-27)20-11-4-3-5-12-20/h3-5,11-12,19,21H,6-10,13-18H2,1-2H3,(H2,24,25,26). The summed E-state index contributed by atoms with van der Waals surface area (Å²) in [5.41, 5.74) is 1.34. The number of carbonyl (C=O) groups excluding carboxylic acids is 1. The molecule has 6 nitrogen and oxygen atoms in total. The van der Waals surface area contributed by atoms with Gasteiger partial charge in [-0.25, -0.2) is 0 Å². The highest BCUT2D eigenvalue weighted by Crippen LogP contribution is 2.24. The third-order valence-electron chi connectivity index (χ3n) is 6.21. The third kappa shape index (κ3) is 6.20. The molecule has 2 unspecified atom stereocenters. The quantitative estimate of drug-likeness (QED) is 0.547. The predicted molar refractivity (Wildman–Crippen MR) is 119 cm³/mol. The van der Waals surface area contributed by atoms with Crippen molar-refractivity contribution in [3.05, 3.63) is 35.9 Å². The van der Waals surface area contributed by atoms with Crippen LogP contribution < -0.4 is 10.6 Å². The van der Waals surface area contributed by atoms with Gasteiger partial charge >= 0.3 is 0 Å². The fourth-order valence-electron chi connectivity index (χ4n) is 4.50. The van der Waals surface area contributed by atoms with Crippen molar-refractivity contribution in [2.24, 2.45) is 4.99 Å². The Balaban J connectivity index is 1.47. The molecule has 160 valence electrons. The van der Waals surface area contributed by atoms with Crippen molar-refractivity contribution < 1.29 is 4.79 Å². The van der Waals surface area contributed by atoms with Gasteiger partial charge in [0.15, 0.2) is 5.96 Å². The number of nitrogens with zero attached hydrogens (tertiary/aromatic N) is 3. The van der Waals surface area contributed by atoms with Gasteiger partial charge in [-0.3, -0.25) is 14.7 Å². The van der Waals surface area contributed by atoms with Crippen LogP contribution in [0, 0.1) is 0 Å². The molecule has 0 bridgehead atoms. The summed E-state index contributed by atoms with van der Waals surface area (Å²) in [5, 5.41) is 6.80. The Morgan fingerprint density at radius 3 is 2.52 bits per heavy atom. The van der Waals surface area contributed by atoms with Crippen LogP contribution in [0.1, 0.15) is 57.1 Å². The van der Waals surface area contributed by atoms with E-state index in [0.717, 1.165) is 45.0 Å². The van der Waals surface area contributed by atoms with Gasteiger partial charge in [0.05, 0.1) is 6.04 Å². The van der Waals surface area contributed by atoms with Gasteiger partial charge in [-0.1, -0.05) is 30.3 Å². The van der Waals surface area contributed by atoms with Crippen LogP contribution in [0.15, 0.2) is 35.3 Å². The first kappa shape index (κ1) is 21.6. The van der Waals surface area contributed by atoms with Crippen LogP contribution in [0.2, 0.25) is 0 Å². The van der Waals surface area contributed by atoms with E-state index in [2.05, 4.69) is 57.8 Å². The molecule has 2 aliphatic rings. The second-order valence-corrected chi connectivity index (χ2v) is 8.23. The molecule has 6 heteroatoms. The van der Waals surface area contributed by atoms with Crippen molar-refractivity contribution >= 4 is 11.9 Å². The number of hydrogen-bond acceptors (Lipinski definition) is 3. The highest BCUT2D eigenvalue weighted by atomic mass is 16.2. The monoisotopic (exact) mass is 399 g/mol. The lowest BCUT2D eigenvalue weighted by molar-refractivity contribution is -0.134. The molecule has 0 saturated carbocycles. The van der Waals surface area contributed by atoms with Crippen molar-refractivity contribution in [3.63, 3.8) is 0 Å². The molecule has 0 aliphatic carbocycles. The second-order valence-electron chi connectivity index (χ2n) is 8.23. The van der Waals surface area contributed by atoms with E-state index in [1.807, 2.05) is 4.90 Å². The number of amides is 1. The van der Waals surface area contributed by atoms with Crippen molar-refractivity contribution in [1.29, 1.82) is 0 Å². The Hall–Kier alpha value is -2.08. The fraction of sp³-hybridized carbons (Fsp3) is 0.652. The molecular formula is C23H37N5O. The molecule has 2 saturated heterocycles. The van der Waals surface area contributed by atoms with E-state index in [9.17, 15) is 4.79 Å². The van der Waals surface area contributed by atoms with Crippen LogP contribution >= 0.6 is 0 Å². The molecule has 2 heterocycles. The average Bonchev–Trinajstić information content (AvgIpc) is 3.28.